The molecule has 0 radical (unpaired) electrons. The van der Waals surface area contributed by atoms with Crippen LogP contribution in [0.3, 0.4) is 0 Å². The second-order valence-electron chi connectivity index (χ2n) is 5.70. The zero-order valence-electron chi connectivity index (χ0n) is 12.7. The van der Waals surface area contributed by atoms with Crippen LogP contribution < -0.4 is 5.32 Å². The van der Waals surface area contributed by atoms with Crippen molar-refractivity contribution in [2.75, 3.05) is 12.4 Å². The first-order valence-electron chi connectivity index (χ1n) is 7.65. The van der Waals surface area contributed by atoms with E-state index in [0.29, 0.717) is 5.88 Å². The molecule has 0 saturated heterocycles. The lowest BCUT2D eigenvalue weighted by Gasteiger charge is -2.29. The van der Waals surface area contributed by atoms with Crippen molar-refractivity contribution in [3.63, 3.8) is 0 Å². The van der Waals surface area contributed by atoms with Gasteiger partial charge in [0.1, 0.15) is 0 Å². The van der Waals surface area contributed by atoms with Gasteiger partial charge in [0.2, 0.25) is 0 Å². The Hall–Kier alpha value is -1.31. The SMILES string of the molecule is CC(CCl)(NCCCCc1ccccc1)c1ccccc1. The Balaban J connectivity index is 1.76. The van der Waals surface area contributed by atoms with Crippen molar-refractivity contribution in [2.45, 2.75) is 31.7 Å². The van der Waals surface area contributed by atoms with Gasteiger partial charge in [0, 0.05) is 5.88 Å². The first kappa shape index (κ1) is 16.1. The van der Waals surface area contributed by atoms with Gasteiger partial charge in [-0.15, -0.1) is 11.6 Å². The van der Waals surface area contributed by atoms with Gasteiger partial charge in [-0.25, -0.2) is 0 Å². The molecule has 0 saturated carbocycles. The van der Waals surface area contributed by atoms with Gasteiger partial charge >= 0.3 is 0 Å². The third-order valence-electron chi connectivity index (χ3n) is 3.93. The molecule has 1 nitrogen and oxygen atoms in total. The average Bonchev–Trinajstić information content (AvgIpc) is 2.56. The van der Waals surface area contributed by atoms with E-state index in [1.807, 2.05) is 6.07 Å². The van der Waals surface area contributed by atoms with Crippen LogP contribution in [0.4, 0.5) is 0 Å². The molecule has 1 unspecified atom stereocenters. The monoisotopic (exact) mass is 301 g/mol. The Kier molecular flexibility index (Phi) is 6.28. The first-order valence-corrected chi connectivity index (χ1v) is 8.18. The van der Waals surface area contributed by atoms with Crippen LogP contribution in [-0.2, 0) is 12.0 Å². The maximum atomic E-state index is 6.19. The molecule has 0 amide bonds. The topological polar surface area (TPSA) is 12.0 Å². The number of unbranched alkanes of at least 4 members (excludes halogenated alkanes) is 1. The highest BCUT2D eigenvalue weighted by Crippen LogP contribution is 2.22. The highest BCUT2D eigenvalue weighted by atomic mass is 35.5. The fourth-order valence-corrected chi connectivity index (χ4v) is 2.74. The number of benzene rings is 2. The van der Waals surface area contributed by atoms with Crippen molar-refractivity contribution < 1.29 is 0 Å². The van der Waals surface area contributed by atoms with Gasteiger partial charge in [0.15, 0.2) is 0 Å². The van der Waals surface area contributed by atoms with Crippen LogP contribution >= 0.6 is 11.6 Å². The molecule has 21 heavy (non-hydrogen) atoms. The van der Waals surface area contributed by atoms with Crippen LogP contribution in [0.1, 0.15) is 30.9 Å². The van der Waals surface area contributed by atoms with Crippen molar-refractivity contribution in [2.24, 2.45) is 0 Å². The van der Waals surface area contributed by atoms with E-state index >= 15 is 0 Å². The number of nitrogens with one attached hydrogen (secondary N) is 1. The van der Waals surface area contributed by atoms with Crippen LogP contribution in [0.25, 0.3) is 0 Å². The van der Waals surface area contributed by atoms with Crippen LogP contribution in [0, 0.1) is 0 Å². The Labute approximate surface area is 133 Å². The molecule has 2 rings (SSSR count). The predicted octanol–water partition coefficient (Wildman–Crippen LogP) is 4.75. The van der Waals surface area contributed by atoms with E-state index in [2.05, 4.69) is 66.8 Å². The zero-order valence-corrected chi connectivity index (χ0v) is 13.4. The zero-order chi connectivity index (χ0) is 15.0. The summed E-state index contributed by atoms with van der Waals surface area (Å²) in [6.07, 6.45) is 3.50. The molecule has 2 heteroatoms. The minimum Gasteiger partial charge on any atom is -0.307 e. The van der Waals surface area contributed by atoms with Gasteiger partial charge in [-0.1, -0.05) is 60.7 Å². The molecule has 2 aromatic carbocycles. The fraction of sp³-hybridized carbons (Fsp3) is 0.368. The van der Waals surface area contributed by atoms with Crippen LogP contribution in [-0.4, -0.2) is 12.4 Å². The molecular formula is C19H24ClN. The summed E-state index contributed by atoms with van der Waals surface area (Å²) in [5.74, 6) is 0.579. The molecular weight excluding hydrogens is 278 g/mol. The van der Waals surface area contributed by atoms with Gasteiger partial charge in [-0.2, -0.15) is 0 Å². The predicted molar refractivity (Wildman–Crippen MR) is 91.9 cm³/mol. The van der Waals surface area contributed by atoms with E-state index in [1.165, 1.54) is 17.5 Å². The van der Waals surface area contributed by atoms with E-state index < -0.39 is 0 Å². The molecule has 112 valence electrons. The molecule has 2 aromatic rings. The minimum absolute atomic E-state index is 0.143. The molecule has 0 fully saturated rings. The summed E-state index contributed by atoms with van der Waals surface area (Å²) < 4.78 is 0. The quantitative estimate of drug-likeness (QED) is 0.548. The van der Waals surface area contributed by atoms with E-state index in [4.69, 9.17) is 11.6 Å². The Bertz CT molecular complexity index is 512. The van der Waals surface area contributed by atoms with Crippen molar-refractivity contribution >= 4 is 11.6 Å². The summed E-state index contributed by atoms with van der Waals surface area (Å²) in [6.45, 7) is 3.16. The third kappa shape index (κ3) is 4.87. The smallest absolute Gasteiger partial charge is 0.0543 e. The standard InChI is InChI=1S/C19H24ClN/c1-19(16-20,18-13-6-3-7-14-18)21-15-9-8-12-17-10-4-2-5-11-17/h2-7,10-11,13-14,21H,8-9,12,15-16H2,1H3. The van der Waals surface area contributed by atoms with Crippen LogP contribution in [0.2, 0.25) is 0 Å². The molecule has 0 aromatic heterocycles. The highest BCUT2D eigenvalue weighted by Gasteiger charge is 2.24. The first-order chi connectivity index (χ1) is 10.2. The third-order valence-corrected chi connectivity index (χ3v) is 4.46. The summed E-state index contributed by atoms with van der Waals surface area (Å²) in [5.41, 5.74) is 2.53. The molecule has 1 N–H and O–H groups in total. The van der Waals surface area contributed by atoms with E-state index in [9.17, 15) is 0 Å². The molecule has 1 atom stereocenters. The summed E-state index contributed by atoms with van der Waals surface area (Å²) in [7, 11) is 0. The van der Waals surface area contributed by atoms with Gasteiger partial charge in [-0.3, -0.25) is 0 Å². The molecule has 0 heterocycles. The minimum atomic E-state index is -0.143. The van der Waals surface area contributed by atoms with Crippen LogP contribution in [0.15, 0.2) is 60.7 Å². The number of aryl methyl sites for hydroxylation is 1. The van der Waals surface area contributed by atoms with Crippen molar-refractivity contribution in [3.8, 4) is 0 Å². The van der Waals surface area contributed by atoms with Gasteiger partial charge in [0.25, 0.3) is 0 Å². The molecule has 0 spiro atoms. The summed E-state index contributed by atoms with van der Waals surface area (Å²) in [5, 5.41) is 3.62. The Morgan fingerprint density at radius 2 is 1.52 bits per heavy atom. The van der Waals surface area contributed by atoms with E-state index in [1.54, 1.807) is 0 Å². The lowest BCUT2D eigenvalue weighted by molar-refractivity contribution is 0.402. The lowest BCUT2D eigenvalue weighted by atomic mass is 9.94. The van der Waals surface area contributed by atoms with Gasteiger partial charge in [0.05, 0.1) is 5.54 Å². The van der Waals surface area contributed by atoms with Gasteiger partial charge in [-0.05, 0) is 43.9 Å². The fourth-order valence-electron chi connectivity index (χ4n) is 2.50. The van der Waals surface area contributed by atoms with Crippen molar-refractivity contribution in [1.82, 2.24) is 5.32 Å². The summed E-state index contributed by atoms with van der Waals surface area (Å²) in [4.78, 5) is 0. The summed E-state index contributed by atoms with van der Waals surface area (Å²) >= 11 is 6.19. The largest absolute Gasteiger partial charge is 0.307 e. The highest BCUT2D eigenvalue weighted by molar-refractivity contribution is 6.18. The Morgan fingerprint density at radius 3 is 2.14 bits per heavy atom. The average molecular weight is 302 g/mol. The normalized spacial score (nSPS) is 13.8. The molecule has 0 aliphatic rings. The number of halogens is 1. The molecule has 0 aliphatic heterocycles. The maximum absolute atomic E-state index is 6.19. The number of hydrogen-bond donors (Lipinski definition) is 1. The second kappa shape index (κ2) is 8.21. The number of hydrogen-bond acceptors (Lipinski definition) is 1. The van der Waals surface area contributed by atoms with E-state index in [0.717, 1.165) is 19.4 Å². The molecule has 0 aliphatic carbocycles. The van der Waals surface area contributed by atoms with Crippen LogP contribution in [0.5, 0.6) is 0 Å². The second-order valence-corrected chi connectivity index (χ2v) is 5.97. The lowest BCUT2D eigenvalue weighted by Crippen LogP contribution is -2.41. The van der Waals surface area contributed by atoms with Crippen molar-refractivity contribution in [1.29, 1.82) is 0 Å². The number of alkyl halides is 1. The molecule has 0 bridgehead atoms. The summed E-state index contributed by atoms with van der Waals surface area (Å²) in [6, 6.07) is 21.1. The maximum Gasteiger partial charge on any atom is 0.0543 e. The van der Waals surface area contributed by atoms with Gasteiger partial charge < -0.3 is 5.32 Å². The number of rotatable bonds is 8. The van der Waals surface area contributed by atoms with E-state index in [-0.39, 0.29) is 5.54 Å². The van der Waals surface area contributed by atoms with Crippen molar-refractivity contribution in [3.05, 3.63) is 71.8 Å². The Morgan fingerprint density at radius 1 is 0.905 bits per heavy atom.